The zero-order chi connectivity index (χ0) is 15.0. The predicted molar refractivity (Wildman–Crippen MR) is 75.2 cm³/mol. The molecule has 0 aromatic carbocycles. The van der Waals surface area contributed by atoms with E-state index in [1.165, 1.54) is 12.8 Å². The molecule has 0 aromatic heterocycles. The quantitative estimate of drug-likeness (QED) is 0.521. The van der Waals surface area contributed by atoms with E-state index < -0.39 is 18.0 Å². The third kappa shape index (κ3) is 6.68. The standard InChI is InChI=1S/C15H28O5/c1-4-5-6-7-8-9-14(17)18-10-12(16)13-11-19-15(2,3)20-13/h12-13,16H,4-11H2,1-3H3/t12-,13-/m0/s1. The molecule has 0 unspecified atom stereocenters. The molecule has 1 fully saturated rings. The third-order valence-corrected chi connectivity index (χ3v) is 3.36. The first-order valence-electron chi connectivity index (χ1n) is 7.60. The lowest BCUT2D eigenvalue weighted by Gasteiger charge is -2.20. The zero-order valence-corrected chi connectivity index (χ0v) is 12.9. The van der Waals surface area contributed by atoms with Crippen molar-refractivity contribution in [3.8, 4) is 0 Å². The molecule has 118 valence electrons. The SMILES string of the molecule is CCCCCCCC(=O)OC[C@H](O)[C@@H]1COC(C)(C)O1. The van der Waals surface area contributed by atoms with Crippen LogP contribution in [0.25, 0.3) is 0 Å². The summed E-state index contributed by atoms with van der Waals surface area (Å²) in [5.74, 6) is -0.923. The maximum Gasteiger partial charge on any atom is 0.305 e. The van der Waals surface area contributed by atoms with Gasteiger partial charge in [0.25, 0.3) is 0 Å². The first-order chi connectivity index (χ1) is 9.44. The Morgan fingerprint density at radius 1 is 1.35 bits per heavy atom. The fraction of sp³-hybridized carbons (Fsp3) is 0.933. The molecule has 1 aliphatic rings. The topological polar surface area (TPSA) is 65.0 Å². The molecular weight excluding hydrogens is 260 g/mol. The normalized spacial score (nSPS) is 22.7. The highest BCUT2D eigenvalue weighted by Gasteiger charge is 2.37. The number of carbonyl (C=O) groups excluding carboxylic acids is 1. The minimum atomic E-state index is -0.833. The monoisotopic (exact) mass is 288 g/mol. The first-order valence-corrected chi connectivity index (χ1v) is 7.60. The van der Waals surface area contributed by atoms with Crippen molar-refractivity contribution < 1.29 is 24.1 Å². The van der Waals surface area contributed by atoms with Crippen LogP contribution in [0.3, 0.4) is 0 Å². The summed E-state index contributed by atoms with van der Waals surface area (Å²) in [6.07, 6.45) is 4.63. The Morgan fingerprint density at radius 3 is 2.65 bits per heavy atom. The Balaban J connectivity index is 2.08. The van der Waals surface area contributed by atoms with E-state index in [0.717, 1.165) is 19.3 Å². The van der Waals surface area contributed by atoms with Crippen LogP contribution in [0.2, 0.25) is 0 Å². The Labute approximate surface area is 121 Å². The van der Waals surface area contributed by atoms with Gasteiger partial charge in [0.15, 0.2) is 5.79 Å². The van der Waals surface area contributed by atoms with Crippen LogP contribution in [-0.4, -0.2) is 42.3 Å². The van der Waals surface area contributed by atoms with Crippen molar-refractivity contribution >= 4 is 5.97 Å². The molecule has 1 aliphatic heterocycles. The minimum absolute atomic E-state index is 0.0299. The Morgan fingerprint density at radius 2 is 2.05 bits per heavy atom. The lowest BCUT2D eigenvalue weighted by atomic mass is 10.1. The molecule has 0 saturated carbocycles. The number of aliphatic hydroxyl groups is 1. The zero-order valence-electron chi connectivity index (χ0n) is 12.9. The maximum absolute atomic E-state index is 11.5. The third-order valence-electron chi connectivity index (χ3n) is 3.36. The fourth-order valence-electron chi connectivity index (χ4n) is 2.14. The number of aliphatic hydroxyl groups excluding tert-OH is 1. The molecule has 1 heterocycles. The number of unbranched alkanes of at least 4 members (excludes halogenated alkanes) is 4. The number of ether oxygens (including phenoxy) is 3. The molecule has 20 heavy (non-hydrogen) atoms. The number of esters is 1. The van der Waals surface area contributed by atoms with Crippen LogP contribution in [0.1, 0.15) is 59.3 Å². The van der Waals surface area contributed by atoms with E-state index in [1.807, 2.05) is 0 Å². The van der Waals surface area contributed by atoms with Crippen molar-refractivity contribution in [3.05, 3.63) is 0 Å². The van der Waals surface area contributed by atoms with E-state index in [4.69, 9.17) is 14.2 Å². The molecule has 5 heteroatoms. The molecule has 1 rings (SSSR count). The van der Waals surface area contributed by atoms with Crippen molar-refractivity contribution in [2.75, 3.05) is 13.2 Å². The van der Waals surface area contributed by atoms with Gasteiger partial charge in [-0.2, -0.15) is 0 Å². The van der Waals surface area contributed by atoms with E-state index in [-0.39, 0.29) is 12.6 Å². The molecule has 2 atom stereocenters. The minimum Gasteiger partial charge on any atom is -0.463 e. The van der Waals surface area contributed by atoms with Crippen LogP contribution in [-0.2, 0) is 19.0 Å². The van der Waals surface area contributed by atoms with E-state index in [2.05, 4.69) is 6.92 Å². The number of rotatable bonds is 9. The molecular formula is C15H28O5. The van der Waals surface area contributed by atoms with Crippen molar-refractivity contribution in [3.63, 3.8) is 0 Å². The first kappa shape index (κ1) is 17.4. The molecule has 0 bridgehead atoms. The molecule has 0 aliphatic carbocycles. The largest absolute Gasteiger partial charge is 0.463 e. The summed E-state index contributed by atoms with van der Waals surface area (Å²) in [7, 11) is 0. The fourth-order valence-corrected chi connectivity index (χ4v) is 2.14. The Hall–Kier alpha value is -0.650. The summed E-state index contributed by atoms with van der Waals surface area (Å²) in [6.45, 7) is 6.04. The average molecular weight is 288 g/mol. The molecule has 0 amide bonds. The van der Waals surface area contributed by atoms with E-state index >= 15 is 0 Å². The lowest BCUT2D eigenvalue weighted by molar-refractivity contribution is -0.162. The van der Waals surface area contributed by atoms with Gasteiger partial charge in [-0.25, -0.2) is 0 Å². The lowest BCUT2D eigenvalue weighted by Crippen LogP contribution is -2.34. The van der Waals surface area contributed by atoms with Crippen LogP contribution in [0.4, 0.5) is 0 Å². The van der Waals surface area contributed by atoms with Gasteiger partial charge in [0.2, 0.25) is 0 Å². The predicted octanol–water partition coefficient (Wildman–Crippen LogP) is 2.40. The average Bonchev–Trinajstić information content (AvgIpc) is 2.76. The van der Waals surface area contributed by atoms with E-state index in [0.29, 0.717) is 13.0 Å². The highest BCUT2D eigenvalue weighted by Crippen LogP contribution is 2.24. The summed E-state index contributed by atoms with van der Waals surface area (Å²) < 4.78 is 15.9. The summed E-state index contributed by atoms with van der Waals surface area (Å²) in [5.41, 5.74) is 0. The Bertz CT molecular complexity index is 290. The summed E-state index contributed by atoms with van der Waals surface area (Å²) in [4.78, 5) is 11.5. The van der Waals surface area contributed by atoms with Crippen molar-refractivity contribution in [2.24, 2.45) is 0 Å². The summed E-state index contributed by atoms with van der Waals surface area (Å²) >= 11 is 0. The van der Waals surface area contributed by atoms with Gasteiger partial charge < -0.3 is 19.3 Å². The van der Waals surface area contributed by atoms with Gasteiger partial charge in [0, 0.05) is 6.42 Å². The summed E-state index contributed by atoms with van der Waals surface area (Å²) in [5, 5.41) is 9.89. The Kier molecular flexibility index (Phi) is 7.48. The van der Waals surface area contributed by atoms with Crippen LogP contribution in [0, 0.1) is 0 Å². The molecule has 0 aromatic rings. The number of hydrogen-bond acceptors (Lipinski definition) is 5. The van der Waals surface area contributed by atoms with Gasteiger partial charge in [-0.15, -0.1) is 0 Å². The van der Waals surface area contributed by atoms with Crippen LogP contribution in [0.5, 0.6) is 0 Å². The highest BCUT2D eigenvalue weighted by molar-refractivity contribution is 5.69. The van der Waals surface area contributed by atoms with Crippen molar-refractivity contribution in [2.45, 2.75) is 77.3 Å². The van der Waals surface area contributed by atoms with E-state index in [1.54, 1.807) is 13.8 Å². The van der Waals surface area contributed by atoms with Gasteiger partial charge in [-0.05, 0) is 20.3 Å². The van der Waals surface area contributed by atoms with Gasteiger partial charge in [-0.3, -0.25) is 4.79 Å². The van der Waals surface area contributed by atoms with Crippen LogP contribution in [0.15, 0.2) is 0 Å². The van der Waals surface area contributed by atoms with Crippen molar-refractivity contribution in [1.82, 2.24) is 0 Å². The molecule has 5 nitrogen and oxygen atoms in total. The second-order valence-corrected chi connectivity index (χ2v) is 5.78. The van der Waals surface area contributed by atoms with Crippen LogP contribution >= 0.6 is 0 Å². The smallest absolute Gasteiger partial charge is 0.305 e. The van der Waals surface area contributed by atoms with Crippen LogP contribution < -0.4 is 0 Å². The number of hydrogen-bond donors (Lipinski definition) is 1. The van der Waals surface area contributed by atoms with E-state index in [9.17, 15) is 9.90 Å². The second-order valence-electron chi connectivity index (χ2n) is 5.78. The van der Waals surface area contributed by atoms with Gasteiger partial charge in [0.05, 0.1) is 6.61 Å². The van der Waals surface area contributed by atoms with Crippen molar-refractivity contribution in [1.29, 1.82) is 0 Å². The van der Waals surface area contributed by atoms with Gasteiger partial charge >= 0.3 is 5.97 Å². The molecule has 0 radical (unpaired) electrons. The summed E-state index contributed by atoms with van der Waals surface area (Å²) in [6, 6.07) is 0. The molecule has 1 saturated heterocycles. The molecule has 1 N–H and O–H groups in total. The van der Waals surface area contributed by atoms with Gasteiger partial charge in [-0.1, -0.05) is 32.6 Å². The second kappa shape index (κ2) is 8.60. The molecule has 0 spiro atoms. The number of carbonyl (C=O) groups is 1. The highest BCUT2D eigenvalue weighted by atomic mass is 16.7. The van der Waals surface area contributed by atoms with Gasteiger partial charge in [0.1, 0.15) is 18.8 Å². The maximum atomic E-state index is 11.5.